The molecule has 0 aliphatic rings. The zero-order valence-corrected chi connectivity index (χ0v) is 9.14. The van der Waals surface area contributed by atoms with E-state index in [2.05, 4.69) is 15.2 Å². The van der Waals surface area contributed by atoms with Gasteiger partial charge in [0.25, 0.3) is 5.91 Å². The molecule has 0 aliphatic carbocycles. The van der Waals surface area contributed by atoms with Crippen molar-refractivity contribution in [2.24, 2.45) is 10.7 Å². The molecule has 0 spiro atoms. The number of aliphatic hydroxyl groups is 1. The Morgan fingerprint density at radius 1 is 1.56 bits per heavy atom. The predicted octanol–water partition coefficient (Wildman–Crippen LogP) is 1.15. The maximum Gasteiger partial charge on any atom is 0.253 e. The van der Waals surface area contributed by atoms with E-state index in [1.54, 1.807) is 0 Å². The molecule has 1 rings (SSSR count). The summed E-state index contributed by atoms with van der Waals surface area (Å²) >= 11 is 5.53. The van der Waals surface area contributed by atoms with Gasteiger partial charge in [0.15, 0.2) is 11.0 Å². The quantitative estimate of drug-likeness (QED) is 0.470. The first kappa shape index (κ1) is 12.1. The van der Waals surface area contributed by atoms with Crippen LogP contribution in [0.3, 0.4) is 0 Å². The number of rotatable bonds is 3. The lowest BCUT2D eigenvalue weighted by Crippen LogP contribution is -2.16. The lowest BCUT2D eigenvalue weighted by atomic mass is 10.2. The topological polar surface area (TPSA) is 101 Å². The third kappa shape index (κ3) is 3.32. The second-order valence-corrected chi connectivity index (χ2v) is 3.22. The van der Waals surface area contributed by atoms with Crippen LogP contribution in [0.4, 0.5) is 5.82 Å². The monoisotopic (exact) mass is 240 g/mol. The van der Waals surface area contributed by atoms with Crippen LogP contribution in [0.2, 0.25) is 5.15 Å². The van der Waals surface area contributed by atoms with Crippen LogP contribution in [-0.2, 0) is 4.79 Å². The van der Waals surface area contributed by atoms with Crippen molar-refractivity contribution in [1.29, 1.82) is 0 Å². The first-order valence-corrected chi connectivity index (χ1v) is 4.61. The zero-order valence-electron chi connectivity index (χ0n) is 8.38. The van der Waals surface area contributed by atoms with E-state index in [0.717, 1.165) is 6.21 Å². The van der Waals surface area contributed by atoms with Gasteiger partial charge in [-0.3, -0.25) is 4.79 Å². The van der Waals surface area contributed by atoms with E-state index in [-0.39, 0.29) is 22.3 Å². The number of carbonyl (C=O) groups excluding carboxylic acids is 1. The number of aromatic nitrogens is 2. The van der Waals surface area contributed by atoms with E-state index < -0.39 is 5.91 Å². The van der Waals surface area contributed by atoms with Crippen LogP contribution in [0, 0.1) is 0 Å². The van der Waals surface area contributed by atoms with Gasteiger partial charge >= 0.3 is 0 Å². The molecular weight excluding hydrogens is 232 g/mol. The molecule has 0 fully saturated rings. The predicted molar refractivity (Wildman–Crippen MR) is 59.7 cm³/mol. The average Bonchev–Trinajstić information content (AvgIpc) is 2.20. The first-order valence-electron chi connectivity index (χ1n) is 4.23. The summed E-state index contributed by atoms with van der Waals surface area (Å²) in [6, 6.07) is 3.01. The van der Waals surface area contributed by atoms with Crippen molar-refractivity contribution in [2.45, 2.75) is 6.92 Å². The highest BCUT2D eigenvalue weighted by Gasteiger charge is 2.05. The second kappa shape index (κ2) is 5.22. The molecule has 0 aromatic carbocycles. The summed E-state index contributed by atoms with van der Waals surface area (Å²) in [4.78, 5) is 14.7. The molecule has 1 amide bonds. The lowest BCUT2D eigenvalue weighted by molar-refractivity contribution is -0.114. The molecule has 3 N–H and O–H groups in total. The summed E-state index contributed by atoms with van der Waals surface area (Å²) < 4.78 is 0. The van der Waals surface area contributed by atoms with Crippen molar-refractivity contribution in [3.8, 4) is 0 Å². The van der Waals surface area contributed by atoms with Crippen LogP contribution in [0.15, 0.2) is 28.5 Å². The molecular formula is C9H9ClN4O2. The Morgan fingerprint density at radius 2 is 2.25 bits per heavy atom. The summed E-state index contributed by atoms with van der Waals surface area (Å²) in [6.07, 6.45) is 1.12. The number of aliphatic imine (C=N–C) groups is 1. The molecule has 1 heterocycles. The number of hydrogen-bond acceptors (Lipinski definition) is 5. The number of nitrogens with zero attached hydrogens (tertiary/aromatic N) is 3. The highest BCUT2D eigenvalue weighted by atomic mass is 35.5. The molecule has 0 saturated heterocycles. The Balaban J connectivity index is 2.92. The van der Waals surface area contributed by atoms with Crippen LogP contribution < -0.4 is 5.73 Å². The van der Waals surface area contributed by atoms with Crippen LogP contribution in [0.25, 0.3) is 0 Å². The van der Waals surface area contributed by atoms with Gasteiger partial charge in [0, 0.05) is 6.21 Å². The van der Waals surface area contributed by atoms with Crippen molar-refractivity contribution in [1.82, 2.24) is 10.2 Å². The molecule has 0 radical (unpaired) electrons. The number of nitrogens with two attached hydrogens (primary N) is 1. The Kier molecular flexibility index (Phi) is 3.96. The van der Waals surface area contributed by atoms with Crippen molar-refractivity contribution in [3.05, 3.63) is 28.6 Å². The van der Waals surface area contributed by atoms with Crippen LogP contribution >= 0.6 is 11.6 Å². The highest BCUT2D eigenvalue weighted by Crippen LogP contribution is 2.09. The standard InChI is InChI=1S/C9H9ClN4O2/c1-5(15)6(9(11)16)4-12-8-3-2-7(10)13-14-8/h2-4,15H,1H3,(H2,11,16)/b6-5+,12-4?. The van der Waals surface area contributed by atoms with Crippen LogP contribution in [-0.4, -0.2) is 27.4 Å². The van der Waals surface area contributed by atoms with Crippen molar-refractivity contribution < 1.29 is 9.90 Å². The number of halogens is 1. The second-order valence-electron chi connectivity index (χ2n) is 2.84. The number of allylic oxidation sites excluding steroid dienone is 1. The molecule has 16 heavy (non-hydrogen) atoms. The van der Waals surface area contributed by atoms with Crippen molar-refractivity contribution in [2.75, 3.05) is 0 Å². The van der Waals surface area contributed by atoms with Gasteiger partial charge < -0.3 is 10.8 Å². The fourth-order valence-corrected chi connectivity index (χ4v) is 0.945. The molecule has 84 valence electrons. The number of primary amides is 1. The highest BCUT2D eigenvalue weighted by molar-refractivity contribution is 6.29. The number of amides is 1. The third-order valence-electron chi connectivity index (χ3n) is 1.60. The first-order chi connectivity index (χ1) is 7.50. The number of aliphatic hydroxyl groups excluding tert-OH is 1. The Hall–Kier alpha value is -1.95. The van der Waals surface area contributed by atoms with Crippen LogP contribution in [0.1, 0.15) is 6.92 Å². The Morgan fingerprint density at radius 3 is 2.69 bits per heavy atom. The summed E-state index contributed by atoms with van der Waals surface area (Å²) in [5, 5.41) is 16.6. The SMILES string of the molecule is C/C(O)=C(/C=Nc1ccc(Cl)nn1)C(N)=O. The molecule has 0 saturated carbocycles. The molecule has 1 aromatic heterocycles. The normalized spacial score (nSPS) is 12.6. The van der Waals surface area contributed by atoms with E-state index in [9.17, 15) is 4.79 Å². The fraction of sp³-hybridized carbons (Fsp3) is 0.111. The molecule has 6 nitrogen and oxygen atoms in total. The van der Waals surface area contributed by atoms with Gasteiger partial charge in [0.1, 0.15) is 5.76 Å². The van der Waals surface area contributed by atoms with Gasteiger partial charge in [-0.25, -0.2) is 4.99 Å². The Labute approximate surface area is 96.5 Å². The summed E-state index contributed by atoms with van der Waals surface area (Å²) in [5.74, 6) is -0.728. The van der Waals surface area contributed by atoms with Gasteiger partial charge in [0.05, 0.1) is 5.57 Å². The molecule has 7 heteroatoms. The molecule has 1 aromatic rings. The summed E-state index contributed by atoms with van der Waals surface area (Å²) in [7, 11) is 0. The maximum absolute atomic E-state index is 10.9. The summed E-state index contributed by atoms with van der Waals surface area (Å²) in [6.45, 7) is 1.33. The van der Waals surface area contributed by atoms with E-state index in [1.807, 2.05) is 0 Å². The number of hydrogen-bond donors (Lipinski definition) is 2. The summed E-state index contributed by atoms with van der Waals surface area (Å²) in [5.41, 5.74) is 4.93. The smallest absolute Gasteiger partial charge is 0.253 e. The maximum atomic E-state index is 10.9. The Bertz CT molecular complexity index is 449. The zero-order chi connectivity index (χ0) is 12.1. The largest absolute Gasteiger partial charge is 0.512 e. The minimum atomic E-state index is -0.773. The van der Waals surface area contributed by atoms with Crippen LogP contribution in [0.5, 0.6) is 0 Å². The van der Waals surface area contributed by atoms with Gasteiger partial charge in [-0.2, -0.15) is 0 Å². The fourth-order valence-electron chi connectivity index (χ4n) is 0.844. The van der Waals surface area contributed by atoms with Gasteiger partial charge in [0.2, 0.25) is 0 Å². The molecule has 0 atom stereocenters. The van der Waals surface area contributed by atoms with E-state index in [1.165, 1.54) is 19.1 Å². The van der Waals surface area contributed by atoms with E-state index in [0.29, 0.717) is 0 Å². The van der Waals surface area contributed by atoms with Gasteiger partial charge in [-0.1, -0.05) is 11.6 Å². The minimum absolute atomic E-state index is 0.0863. The van der Waals surface area contributed by atoms with E-state index >= 15 is 0 Å². The average molecular weight is 241 g/mol. The lowest BCUT2D eigenvalue weighted by Gasteiger charge is -1.97. The van der Waals surface area contributed by atoms with Crippen molar-refractivity contribution >= 4 is 29.5 Å². The molecule has 0 aliphatic heterocycles. The number of carbonyl (C=O) groups is 1. The van der Waals surface area contributed by atoms with E-state index in [4.69, 9.17) is 22.4 Å². The molecule has 0 bridgehead atoms. The molecule has 0 unspecified atom stereocenters. The minimum Gasteiger partial charge on any atom is -0.512 e. The van der Waals surface area contributed by atoms with Gasteiger partial charge in [-0.05, 0) is 19.1 Å². The van der Waals surface area contributed by atoms with Crippen molar-refractivity contribution in [3.63, 3.8) is 0 Å². The van der Waals surface area contributed by atoms with Gasteiger partial charge in [-0.15, -0.1) is 10.2 Å². The third-order valence-corrected chi connectivity index (χ3v) is 1.80.